The first kappa shape index (κ1) is 11.9. The van der Waals surface area contributed by atoms with Crippen molar-refractivity contribution in [3.8, 4) is 0 Å². The summed E-state index contributed by atoms with van der Waals surface area (Å²) in [7, 11) is 0. The molecule has 0 aromatic carbocycles. The molecule has 0 aliphatic heterocycles. The number of alkyl halides is 1. The summed E-state index contributed by atoms with van der Waals surface area (Å²) in [6.07, 6.45) is 4.86. The lowest BCUT2D eigenvalue weighted by atomic mass is 9.92. The van der Waals surface area contributed by atoms with Gasteiger partial charge in [-0.05, 0) is 32.1 Å². The molecule has 0 spiro atoms. The number of hydrogen-bond acceptors (Lipinski definition) is 0. The molecule has 0 heterocycles. The average Bonchev–Trinajstić information content (AvgIpc) is 2.02. The van der Waals surface area contributed by atoms with Crippen LogP contribution in [0.1, 0.15) is 59.8 Å². The highest BCUT2D eigenvalue weighted by Crippen LogP contribution is 2.25. The van der Waals surface area contributed by atoms with Crippen molar-refractivity contribution in [2.24, 2.45) is 5.92 Å². The molecular formula is C11H23F. The van der Waals surface area contributed by atoms with E-state index < -0.39 is 5.67 Å². The van der Waals surface area contributed by atoms with Gasteiger partial charge in [-0.1, -0.05) is 33.6 Å². The van der Waals surface area contributed by atoms with Crippen LogP contribution in [0.2, 0.25) is 0 Å². The van der Waals surface area contributed by atoms with Gasteiger partial charge in [-0.15, -0.1) is 0 Å². The predicted molar refractivity (Wildman–Crippen MR) is 53.1 cm³/mol. The van der Waals surface area contributed by atoms with Gasteiger partial charge in [-0.2, -0.15) is 0 Å². The quantitative estimate of drug-likeness (QED) is 0.562. The standard InChI is InChI=1S/C11H23F/c1-5-7-10(3)8-9-11(4,12)6-2/h10H,5-9H2,1-4H3. The summed E-state index contributed by atoms with van der Waals surface area (Å²) in [6, 6.07) is 0. The molecule has 0 aromatic rings. The Morgan fingerprint density at radius 1 is 1.25 bits per heavy atom. The van der Waals surface area contributed by atoms with E-state index in [-0.39, 0.29) is 0 Å². The summed E-state index contributed by atoms with van der Waals surface area (Å²) in [4.78, 5) is 0. The van der Waals surface area contributed by atoms with Crippen molar-refractivity contribution in [1.29, 1.82) is 0 Å². The molecular weight excluding hydrogens is 151 g/mol. The van der Waals surface area contributed by atoms with E-state index in [1.807, 2.05) is 6.92 Å². The Labute approximate surface area is 76.6 Å². The van der Waals surface area contributed by atoms with Gasteiger partial charge in [0, 0.05) is 0 Å². The van der Waals surface area contributed by atoms with Gasteiger partial charge in [0.2, 0.25) is 0 Å². The third-order valence-electron chi connectivity index (χ3n) is 2.68. The number of rotatable bonds is 6. The first-order chi connectivity index (χ1) is 5.52. The van der Waals surface area contributed by atoms with Crippen LogP contribution in [0.5, 0.6) is 0 Å². The smallest absolute Gasteiger partial charge is 0.108 e. The van der Waals surface area contributed by atoms with Crippen LogP contribution in [0.25, 0.3) is 0 Å². The van der Waals surface area contributed by atoms with Crippen LogP contribution in [0, 0.1) is 5.92 Å². The molecule has 0 aliphatic rings. The fraction of sp³-hybridized carbons (Fsp3) is 1.00. The molecule has 0 saturated heterocycles. The van der Waals surface area contributed by atoms with Crippen LogP contribution in [-0.4, -0.2) is 5.67 Å². The zero-order valence-corrected chi connectivity index (χ0v) is 8.99. The Morgan fingerprint density at radius 3 is 2.25 bits per heavy atom. The minimum Gasteiger partial charge on any atom is -0.244 e. The van der Waals surface area contributed by atoms with Crippen molar-refractivity contribution < 1.29 is 4.39 Å². The summed E-state index contributed by atoms with van der Waals surface area (Å²) in [5, 5.41) is 0. The first-order valence-electron chi connectivity index (χ1n) is 5.20. The second-order valence-corrected chi connectivity index (χ2v) is 4.20. The number of hydrogen-bond donors (Lipinski definition) is 0. The number of halogens is 1. The van der Waals surface area contributed by atoms with Gasteiger partial charge < -0.3 is 0 Å². The van der Waals surface area contributed by atoms with Crippen molar-refractivity contribution >= 4 is 0 Å². The van der Waals surface area contributed by atoms with E-state index in [2.05, 4.69) is 13.8 Å². The molecule has 0 amide bonds. The van der Waals surface area contributed by atoms with Gasteiger partial charge in [0.05, 0.1) is 0 Å². The maximum absolute atomic E-state index is 13.4. The van der Waals surface area contributed by atoms with Gasteiger partial charge >= 0.3 is 0 Å². The molecule has 0 saturated carbocycles. The molecule has 0 aromatic heterocycles. The Bertz CT molecular complexity index is 108. The molecule has 0 fully saturated rings. The van der Waals surface area contributed by atoms with Crippen molar-refractivity contribution in [2.75, 3.05) is 0 Å². The topological polar surface area (TPSA) is 0 Å². The highest BCUT2D eigenvalue weighted by Gasteiger charge is 2.20. The summed E-state index contributed by atoms with van der Waals surface area (Å²) in [6.45, 7) is 8.04. The molecule has 0 radical (unpaired) electrons. The molecule has 0 rings (SSSR count). The van der Waals surface area contributed by atoms with Gasteiger partial charge in [0.1, 0.15) is 5.67 Å². The molecule has 0 N–H and O–H groups in total. The summed E-state index contributed by atoms with van der Waals surface area (Å²) < 4.78 is 13.4. The van der Waals surface area contributed by atoms with Gasteiger partial charge in [0.25, 0.3) is 0 Å². The van der Waals surface area contributed by atoms with Crippen LogP contribution < -0.4 is 0 Å². The van der Waals surface area contributed by atoms with Gasteiger partial charge in [0.15, 0.2) is 0 Å². The Hall–Kier alpha value is -0.0700. The largest absolute Gasteiger partial charge is 0.244 e. The van der Waals surface area contributed by atoms with E-state index in [9.17, 15) is 4.39 Å². The van der Waals surface area contributed by atoms with Crippen LogP contribution in [0.3, 0.4) is 0 Å². The molecule has 2 atom stereocenters. The maximum atomic E-state index is 13.4. The molecule has 12 heavy (non-hydrogen) atoms. The fourth-order valence-electron chi connectivity index (χ4n) is 1.36. The maximum Gasteiger partial charge on any atom is 0.108 e. The van der Waals surface area contributed by atoms with Crippen LogP contribution in [-0.2, 0) is 0 Å². The van der Waals surface area contributed by atoms with E-state index in [1.54, 1.807) is 6.92 Å². The second-order valence-electron chi connectivity index (χ2n) is 4.20. The Balaban J connectivity index is 3.52. The molecule has 2 unspecified atom stereocenters. The monoisotopic (exact) mass is 174 g/mol. The zero-order chi connectivity index (χ0) is 9.61. The minimum absolute atomic E-state index is 0.645. The summed E-state index contributed by atoms with van der Waals surface area (Å²) >= 11 is 0. The molecule has 1 heteroatoms. The Kier molecular flexibility index (Phi) is 5.52. The third kappa shape index (κ3) is 5.56. The summed E-state index contributed by atoms with van der Waals surface area (Å²) in [5.74, 6) is 0.691. The van der Waals surface area contributed by atoms with Gasteiger partial charge in [-0.3, -0.25) is 0 Å². The fourth-order valence-corrected chi connectivity index (χ4v) is 1.36. The lowest BCUT2D eigenvalue weighted by molar-refractivity contribution is 0.156. The SMILES string of the molecule is CCCC(C)CCC(C)(F)CC. The highest BCUT2D eigenvalue weighted by molar-refractivity contribution is 4.71. The van der Waals surface area contributed by atoms with Crippen molar-refractivity contribution in [1.82, 2.24) is 0 Å². The van der Waals surface area contributed by atoms with Crippen molar-refractivity contribution in [3.05, 3.63) is 0 Å². The first-order valence-corrected chi connectivity index (χ1v) is 5.20. The average molecular weight is 174 g/mol. The predicted octanol–water partition coefficient (Wildman–Crippen LogP) is 4.34. The van der Waals surface area contributed by atoms with Crippen LogP contribution in [0.15, 0.2) is 0 Å². The van der Waals surface area contributed by atoms with E-state index in [0.717, 1.165) is 12.8 Å². The molecule has 74 valence electrons. The molecule has 0 bridgehead atoms. The third-order valence-corrected chi connectivity index (χ3v) is 2.68. The van der Waals surface area contributed by atoms with E-state index >= 15 is 0 Å². The highest BCUT2D eigenvalue weighted by atomic mass is 19.1. The Morgan fingerprint density at radius 2 is 1.83 bits per heavy atom. The lowest BCUT2D eigenvalue weighted by Crippen LogP contribution is -2.17. The molecule has 0 nitrogen and oxygen atoms in total. The van der Waals surface area contributed by atoms with Gasteiger partial charge in [-0.25, -0.2) is 4.39 Å². The zero-order valence-electron chi connectivity index (χ0n) is 8.99. The van der Waals surface area contributed by atoms with Crippen LogP contribution in [0.4, 0.5) is 4.39 Å². The summed E-state index contributed by atoms with van der Waals surface area (Å²) in [5.41, 5.74) is -0.929. The van der Waals surface area contributed by atoms with Crippen molar-refractivity contribution in [2.45, 2.75) is 65.5 Å². The van der Waals surface area contributed by atoms with E-state index in [0.29, 0.717) is 12.3 Å². The van der Waals surface area contributed by atoms with E-state index in [4.69, 9.17) is 0 Å². The van der Waals surface area contributed by atoms with E-state index in [1.165, 1.54) is 12.8 Å². The molecule has 0 aliphatic carbocycles. The van der Waals surface area contributed by atoms with Crippen molar-refractivity contribution in [3.63, 3.8) is 0 Å². The van der Waals surface area contributed by atoms with Crippen LogP contribution >= 0.6 is 0 Å². The normalized spacial score (nSPS) is 18.8. The second kappa shape index (κ2) is 5.55. The minimum atomic E-state index is -0.929. The lowest BCUT2D eigenvalue weighted by Gasteiger charge is -2.20.